The van der Waals surface area contributed by atoms with Crippen LogP contribution in [-0.2, 0) is 0 Å². The largest absolute Gasteiger partial charge is 0.324 e. The number of benzene rings is 1. The molecule has 0 aromatic heterocycles. The van der Waals surface area contributed by atoms with E-state index in [2.05, 4.69) is 49.2 Å². The summed E-state index contributed by atoms with van der Waals surface area (Å²) in [6.07, 6.45) is 1.03. The second-order valence-electron chi connectivity index (χ2n) is 5.84. The van der Waals surface area contributed by atoms with Crippen LogP contribution < -0.4 is 11.1 Å². The van der Waals surface area contributed by atoms with E-state index in [9.17, 15) is 0 Å². The van der Waals surface area contributed by atoms with E-state index in [1.807, 2.05) is 0 Å². The molecule has 1 aliphatic heterocycles. The van der Waals surface area contributed by atoms with Gasteiger partial charge in [-0.05, 0) is 38.3 Å². The highest BCUT2D eigenvalue weighted by molar-refractivity contribution is 5.32. The van der Waals surface area contributed by atoms with Crippen LogP contribution in [0.15, 0.2) is 18.2 Å². The zero-order chi connectivity index (χ0) is 13.8. The Bertz CT molecular complexity index is 410. The van der Waals surface area contributed by atoms with Crippen LogP contribution in [0.1, 0.15) is 36.1 Å². The lowest BCUT2D eigenvalue weighted by atomic mass is 9.95. The number of nitrogens with one attached hydrogen (secondary N) is 1. The summed E-state index contributed by atoms with van der Waals surface area (Å²) >= 11 is 0. The zero-order valence-corrected chi connectivity index (χ0v) is 12.4. The minimum absolute atomic E-state index is 0.144. The summed E-state index contributed by atoms with van der Waals surface area (Å²) in [6.45, 7) is 11.1. The lowest BCUT2D eigenvalue weighted by molar-refractivity contribution is 0.170. The molecule has 2 atom stereocenters. The molecule has 2 rings (SSSR count). The molecule has 1 saturated heterocycles. The van der Waals surface area contributed by atoms with E-state index in [0.717, 1.165) is 32.6 Å². The Morgan fingerprint density at radius 2 is 1.95 bits per heavy atom. The first-order chi connectivity index (χ1) is 9.08. The Balaban J connectivity index is 1.97. The number of rotatable bonds is 4. The summed E-state index contributed by atoms with van der Waals surface area (Å²) in [7, 11) is 0. The molecule has 1 aliphatic rings. The maximum Gasteiger partial charge on any atom is 0.0312 e. The van der Waals surface area contributed by atoms with Gasteiger partial charge in [0.2, 0.25) is 0 Å². The molecule has 0 amide bonds. The van der Waals surface area contributed by atoms with E-state index >= 15 is 0 Å². The maximum atomic E-state index is 6.41. The van der Waals surface area contributed by atoms with Gasteiger partial charge in [-0.3, -0.25) is 4.90 Å². The van der Waals surface area contributed by atoms with Gasteiger partial charge in [0.1, 0.15) is 0 Å². The van der Waals surface area contributed by atoms with Gasteiger partial charge >= 0.3 is 0 Å². The summed E-state index contributed by atoms with van der Waals surface area (Å²) in [5.74, 6) is 0. The molecule has 0 radical (unpaired) electrons. The predicted molar refractivity (Wildman–Crippen MR) is 81.4 cm³/mol. The van der Waals surface area contributed by atoms with Gasteiger partial charge in [-0.2, -0.15) is 0 Å². The first-order valence-corrected chi connectivity index (χ1v) is 7.35. The van der Waals surface area contributed by atoms with Gasteiger partial charge < -0.3 is 11.1 Å². The lowest BCUT2D eigenvalue weighted by Gasteiger charge is -2.34. The highest BCUT2D eigenvalue weighted by Crippen LogP contribution is 2.22. The van der Waals surface area contributed by atoms with Crippen molar-refractivity contribution in [1.29, 1.82) is 0 Å². The number of hydrogen-bond acceptors (Lipinski definition) is 3. The van der Waals surface area contributed by atoms with E-state index < -0.39 is 0 Å². The first-order valence-electron chi connectivity index (χ1n) is 7.35. The third kappa shape index (κ3) is 3.78. The van der Waals surface area contributed by atoms with Crippen LogP contribution >= 0.6 is 0 Å². The van der Waals surface area contributed by atoms with E-state index in [1.54, 1.807) is 0 Å². The average Bonchev–Trinajstić information content (AvgIpc) is 2.39. The highest BCUT2D eigenvalue weighted by atomic mass is 15.2. The third-order valence-electron chi connectivity index (χ3n) is 4.19. The molecule has 0 saturated carbocycles. The van der Waals surface area contributed by atoms with Crippen LogP contribution in [0.4, 0.5) is 0 Å². The summed E-state index contributed by atoms with van der Waals surface area (Å²) in [6, 6.07) is 7.28. The van der Waals surface area contributed by atoms with Crippen molar-refractivity contribution in [3.63, 3.8) is 0 Å². The SMILES string of the molecule is Cc1ccc(C(N)CC(C)N2CCNCC2)c(C)c1. The molecular weight excluding hydrogens is 234 g/mol. The topological polar surface area (TPSA) is 41.3 Å². The average molecular weight is 261 g/mol. The molecule has 1 heterocycles. The summed E-state index contributed by atoms with van der Waals surface area (Å²) in [5.41, 5.74) is 10.3. The van der Waals surface area contributed by atoms with Crippen LogP contribution in [0.25, 0.3) is 0 Å². The van der Waals surface area contributed by atoms with Crippen LogP contribution in [0.3, 0.4) is 0 Å². The van der Waals surface area contributed by atoms with Crippen molar-refractivity contribution >= 4 is 0 Å². The molecular formula is C16H27N3. The van der Waals surface area contributed by atoms with E-state index in [4.69, 9.17) is 5.73 Å². The van der Waals surface area contributed by atoms with Crippen molar-refractivity contribution in [2.24, 2.45) is 5.73 Å². The molecule has 3 heteroatoms. The molecule has 1 aromatic rings. The van der Waals surface area contributed by atoms with Crippen molar-refractivity contribution in [2.45, 2.75) is 39.3 Å². The zero-order valence-electron chi connectivity index (χ0n) is 12.4. The molecule has 2 unspecified atom stereocenters. The van der Waals surface area contributed by atoms with E-state index in [1.165, 1.54) is 16.7 Å². The first kappa shape index (κ1) is 14.5. The van der Waals surface area contributed by atoms with Gasteiger partial charge in [0.25, 0.3) is 0 Å². The number of nitrogens with two attached hydrogens (primary N) is 1. The minimum atomic E-state index is 0.144. The Labute approximate surface area is 117 Å². The second-order valence-corrected chi connectivity index (χ2v) is 5.84. The van der Waals surface area contributed by atoms with Gasteiger partial charge in [-0.1, -0.05) is 23.8 Å². The molecule has 3 nitrogen and oxygen atoms in total. The van der Waals surface area contributed by atoms with Gasteiger partial charge in [0.05, 0.1) is 0 Å². The second kappa shape index (κ2) is 6.51. The van der Waals surface area contributed by atoms with Crippen molar-refractivity contribution in [3.05, 3.63) is 34.9 Å². The number of aryl methyl sites for hydroxylation is 2. The Hall–Kier alpha value is -0.900. The number of hydrogen-bond donors (Lipinski definition) is 2. The van der Waals surface area contributed by atoms with Crippen molar-refractivity contribution in [2.75, 3.05) is 26.2 Å². The van der Waals surface area contributed by atoms with E-state index in [-0.39, 0.29) is 6.04 Å². The van der Waals surface area contributed by atoms with Gasteiger partial charge in [-0.25, -0.2) is 0 Å². The molecule has 19 heavy (non-hydrogen) atoms. The van der Waals surface area contributed by atoms with Crippen molar-refractivity contribution in [3.8, 4) is 0 Å². The minimum Gasteiger partial charge on any atom is -0.324 e. The van der Waals surface area contributed by atoms with Crippen molar-refractivity contribution in [1.82, 2.24) is 10.2 Å². The summed E-state index contributed by atoms with van der Waals surface area (Å²) < 4.78 is 0. The predicted octanol–water partition coefficient (Wildman–Crippen LogP) is 1.99. The van der Waals surface area contributed by atoms with Crippen LogP contribution in [0.2, 0.25) is 0 Å². The molecule has 106 valence electrons. The smallest absolute Gasteiger partial charge is 0.0312 e. The fourth-order valence-electron chi connectivity index (χ4n) is 3.01. The van der Waals surface area contributed by atoms with E-state index in [0.29, 0.717) is 6.04 Å². The lowest BCUT2D eigenvalue weighted by Crippen LogP contribution is -2.48. The molecule has 0 spiro atoms. The molecule has 1 fully saturated rings. The third-order valence-corrected chi connectivity index (χ3v) is 4.19. The van der Waals surface area contributed by atoms with Gasteiger partial charge in [-0.15, -0.1) is 0 Å². The summed E-state index contributed by atoms with van der Waals surface area (Å²) in [5, 5.41) is 3.40. The normalized spacial score (nSPS) is 20.2. The van der Waals surface area contributed by atoms with Gasteiger partial charge in [0.15, 0.2) is 0 Å². The monoisotopic (exact) mass is 261 g/mol. The molecule has 3 N–H and O–H groups in total. The molecule has 0 aliphatic carbocycles. The van der Waals surface area contributed by atoms with Crippen LogP contribution in [0.5, 0.6) is 0 Å². The quantitative estimate of drug-likeness (QED) is 0.871. The number of piperazine rings is 1. The summed E-state index contributed by atoms with van der Waals surface area (Å²) in [4.78, 5) is 2.54. The van der Waals surface area contributed by atoms with Crippen LogP contribution in [-0.4, -0.2) is 37.1 Å². The fourth-order valence-corrected chi connectivity index (χ4v) is 3.01. The van der Waals surface area contributed by atoms with Crippen molar-refractivity contribution < 1.29 is 0 Å². The Morgan fingerprint density at radius 1 is 1.26 bits per heavy atom. The highest BCUT2D eigenvalue weighted by Gasteiger charge is 2.20. The maximum absolute atomic E-state index is 6.41. The number of nitrogens with zero attached hydrogens (tertiary/aromatic N) is 1. The van der Waals surface area contributed by atoms with Crippen LogP contribution in [0, 0.1) is 13.8 Å². The Morgan fingerprint density at radius 3 is 2.58 bits per heavy atom. The molecule has 1 aromatic carbocycles. The fraction of sp³-hybridized carbons (Fsp3) is 0.625. The standard InChI is InChI=1S/C16H27N3/c1-12-4-5-15(13(2)10-12)16(17)11-14(3)19-8-6-18-7-9-19/h4-5,10,14,16,18H,6-9,11,17H2,1-3H3. The molecule has 0 bridgehead atoms. The van der Waals surface area contributed by atoms with Gasteiger partial charge in [0, 0.05) is 38.3 Å². The Kier molecular flexibility index (Phi) is 4.97.